The fraction of sp³-hybridized carbons (Fsp3) is 0.571. The third kappa shape index (κ3) is 4.46. The fourth-order valence-corrected chi connectivity index (χ4v) is 4.46. The Morgan fingerprint density at radius 2 is 1.70 bits per heavy atom. The van der Waals surface area contributed by atoms with Crippen LogP contribution in [-0.2, 0) is 10.0 Å². The van der Waals surface area contributed by atoms with Crippen LogP contribution in [0.5, 0.6) is 0 Å². The lowest BCUT2D eigenvalue weighted by Crippen LogP contribution is -2.33. The van der Waals surface area contributed by atoms with Crippen molar-refractivity contribution in [2.24, 2.45) is 0 Å². The number of benzene rings is 1. The third-order valence-corrected chi connectivity index (χ3v) is 5.97. The summed E-state index contributed by atoms with van der Waals surface area (Å²) in [5.74, 6) is 0. The maximum Gasteiger partial charge on any atom is 0.244 e. The molecule has 0 saturated heterocycles. The van der Waals surface area contributed by atoms with Crippen LogP contribution in [0.25, 0.3) is 0 Å². The quantitative estimate of drug-likeness (QED) is 0.718. The van der Waals surface area contributed by atoms with Crippen LogP contribution >= 0.6 is 15.9 Å². The molecule has 1 rings (SSSR count). The summed E-state index contributed by atoms with van der Waals surface area (Å²) < 4.78 is 27.6. The van der Waals surface area contributed by atoms with Crippen LogP contribution in [0.2, 0.25) is 0 Å². The Balaban J connectivity index is 3.07. The molecule has 20 heavy (non-hydrogen) atoms. The summed E-state index contributed by atoms with van der Waals surface area (Å²) in [6, 6.07) is 4.82. The standard InChI is InChI=1S/C14H23BrN2O2S/c1-3-5-9-17(10-6-4-2)20(18,19)14-8-7-12(16)11-13(14)15/h7-8,11H,3-6,9-10,16H2,1-2H3. The van der Waals surface area contributed by atoms with Gasteiger partial charge in [-0.25, -0.2) is 8.42 Å². The van der Waals surface area contributed by atoms with Gasteiger partial charge in [-0.15, -0.1) is 0 Å². The zero-order valence-electron chi connectivity index (χ0n) is 12.1. The van der Waals surface area contributed by atoms with Crippen LogP contribution in [0.4, 0.5) is 5.69 Å². The maximum atomic E-state index is 12.7. The highest BCUT2D eigenvalue weighted by atomic mass is 79.9. The molecule has 1 aromatic rings. The molecule has 0 amide bonds. The molecule has 0 bridgehead atoms. The van der Waals surface area contributed by atoms with E-state index in [1.807, 2.05) is 0 Å². The number of nitrogen functional groups attached to an aromatic ring is 1. The van der Waals surface area contributed by atoms with Crippen molar-refractivity contribution in [1.29, 1.82) is 0 Å². The normalized spacial score (nSPS) is 12.0. The van der Waals surface area contributed by atoms with Gasteiger partial charge in [0.1, 0.15) is 0 Å². The molecule has 0 atom stereocenters. The molecule has 0 aliphatic carbocycles. The van der Waals surface area contributed by atoms with Crippen LogP contribution in [-0.4, -0.2) is 25.8 Å². The zero-order valence-corrected chi connectivity index (χ0v) is 14.5. The number of hydrogen-bond donors (Lipinski definition) is 1. The smallest absolute Gasteiger partial charge is 0.244 e. The van der Waals surface area contributed by atoms with Gasteiger partial charge in [0.25, 0.3) is 0 Å². The van der Waals surface area contributed by atoms with E-state index in [1.54, 1.807) is 22.5 Å². The lowest BCUT2D eigenvalue weighted by Gasteiger charge is -2.22. The molecule has 2 N–H and O–H groups in total. The van der Waals surface area contributed by atoms with E-state index in [4.69, 9.17) is 5.73 Å². The largest absolute Gasteiger partial charge is 0.399 e. The molecule has 0 aromatic heterocycles. The Morgan fingerprint density at radius 3 is 2.15 bits per heavy atom. The van der Waals surface area contributed by atoms with Crippen molar-refractivity contribution >= 4 is 31.6 Å². The van der Waals surface area contributed by atoms with Gasteiger partial charge >= 0.3 is 0 Å². The van der Waals surface area contributed by atoms with Gasteiger partial charge in [0.05, 0.1) is 4.90 Å². The molecule has 114 valence electrons. The van der Waals surface area contributed by atoms with Gasteiger partial charge < -0.3 is 5.73 Å². The van der Waals surface area contributed by atoms with E-state index in [0.717, 1.165) is 25.7 Å². The van der Waals surface area contributed by atoms with Crippen LogP contribution in [0.1, 0.15) is 39.5 Å². The number of nitrogens with zero attached hydrogens (tertiary/aromatic N) is 1. The number of sulfonamides is 1. The number of rotatable bonds is 8. The van der Waals surface area contributed by atoms with E-state index in [2.05, 4.69) is 29.8 Å². The highest BCUT2D eigenvalue weighted by Gasteiger charge is 2.25. The van der Waals surface area contributed by atoms with E-state index in [1.165, 1.54) is 0 Å². The van der Waals surface area contributed by atoms with Crippen LogP contribution in [0.3, 0.4) is 0 Å². The van der Waals surface area contributed by atoms with Gasteiger partial charge in [0.15, 0.2) is 0 Å². The predicted molar refractivity (Wildman–Crippen MR) is 87.1 cm³/mol. The van der Waals surface area contributed by atoms with Crippen molar-refractivity contribution in [1.82, 2.24) is 4.31 Å². The van der Waals surface area contributed by atoms with E-state index in [-0.39, 0.29) is 0 Å². The first kappa shape index (κ1) is 17.5. The van der Waals surface area contributed by atoms with E-state index >= 15 is 0 Å². The SMILES string of the molecule is CCCCN(CCCC)S(=O)(=O)c1ccc(N)cc1Br. The molecule has 0 saturated carbocycles. The minimum Gasteiger partial charge on any atom is -0.399 e. The number of unbranched alkanes of at least 4 members (excludes halogenated alkanes) is 2. The number of hydrogen-bond acceptors (Lipinski definition) is 3. The molecular weight excluding hydrogens is 340 g/mol. The van der Waals surface area contributed by atoms with Crippen molar-refractivity contribution in [2.75, 3.05) is 18.8 Å². The molecule has 1 aromatic carbocycles. The summed E-state index contributed by atoms with van der Waals surface area (Å²) in [7, 11) is -3.46. The van der Waals surface area contributed by atoms with Crippen molar-refractivity contribution < 1.29 is 8.42 Å². The molecule has 0 radical (unpaired) electrons. The molecule has 0 aliphatic rings. The number of halogens is 1. The summed E-state index contributed by atoms with van der Waals surface area (Å²) in [5.41, 5.74) is 6.21. The summed E-state index contributed by atoms with van der Waals surface area (Å²) in [6.07, 6.45) is 3.69. The summed E-state index contributed by atoms with van der Waals surface area (Å²) in [5, 5.41) is 0. The average Bonchev–Trinajstić information content (AvgIpc) is 2.38. The first-order chi connectivity index (χ1) is 9.43. The molecule has 0 spiro atoms. The lowest BCUT2D eigenvalue weighted by atomic mass is 10.3. The molecule has 0 unspecified atom stereocenters. The summed E-state index contributed by atoms with van der Waals surface area (Å²) in [6.45, 7) is 5.25. The lowest BCUT2D eigenvalue weighted by molar-refractivity contribution is 0.395. The Hall–Kier alpha value is -0.590. The Bertz CT molecular complexity index is 524. The molecule has 4 nitrogen and oxygen atoms in total. The van der Waals surface area contributed by atoms with E-state index in [0.29, 0.717) is 28.1 Å². The third-order valence-electron chi connectivity index (χ3n) is 3.10. The Kier molecular flexibility index (Phi) is 6.99. The minimum absolute atomic E-state index is 0.291. The predicted octanol–water partition coefficient (Wildman–Crippen LogP) is 3.62. The van der Waals surface area contributed by atoms with Crippen molar-refractivity contribution in [2.45, 2.75) is 44.4 Å². The molecule has 0 fully saturated rings. The van der Waals surface area contributed by atoms with Crippen molar-refractivity contribution in [3.8, 4) is 0 Å². The first-order valence-electron chi connectivity index (χ1n) is 6.98. The van der Waals surface area contributed by atoms with Gasteiger partial charge in [0, 0.05) is 23.2 Å². The first-order valence-corrected chi connectivity index (χ1v) is 9.22. The minimum atomic E-state index is -3.46. The van der Waals surface area contributed by atoms with Gasteiger partial charge in [-0.3, -0.25) is 0 Å². The van der Waals surface area contributed by atoms with E-state index in [9.17, 15) is 8.42 Å². The van der Waals surface area contributed by atoms with Gasteiger partial charge in [-0.05, 0) is 47.0 Å². The van der Waals surface area contributed by atoms with Gasteiger partial charge in [-0.2, -0.15) is 4.31 Å². The van der Waals surface area contributed by atoms with Crippen LogP contribution < -0.4 is 5.73 Å². The zero-order chi connectivity index (χ0) is 15.2. The molecular formula is C14H23BrN2O2S. The molecule has 0 aliphatic heterocycles. The topological polar surface area (TPSA) is 63.4 Å². The molecule has 0 heterocycles. The Morgan fingerprint density at radius 1 is 1.15 bits per heavy atom. The van der Waals surface area contributed by atoms with E-state index < -0.39 is 10.0 Å². The Labute approximate surface area is 130 Å². The highest BCUT2D eigenvalue weighted by Crippen LogP contribution is 2.27. The summed E-state index contributed by atoms with van der Waals surface area (Å²) in [4.78, 5) is 0.291. The van der Waals surface area contributed by atoms with Crippen molar-refractivity contribution in [3.05, 3.63) is 22.7 Å². The fourth-order valence-electron chi connectivity index (χ4n) is 1.89. The highest BCUT2D eigenvalue weighted by molar-refractivity contribution is 9.10. The van der Waals surface area contributed by atoms with Crippen LogP contribution in [0.15, 0.2) is 27.6 Å². The monoisotopic (exact) mass is 362 g/mol. The van der Waals surface area contributed by atoms with Gasteiger partial charge in [0.2, 0.25) is 10.0 Å². The second-order valence-corrected chi connectivity index (χ2v) is 7.56. The van der Waals surface area contributed by atoms with Crippen LogP contribution in [0, 0.1) is 0 Å². The number of nitrogens with two attached hydrogens (primary N) is 1. The summed E-state index contributed by atoms with van der Waals surface area (Å²) >= 11 is 3.30. The average molecular weight is 363 g/mol. The van der Waals surface area contributed by atoms with Crippen molar-refractivity contribution in [3.63, 3.8) is 0 Å². The second-order valence-electron chi connectivity index (χ2n) is 4.80. The molecule has 6 heteroatoms. The number of anilines is 1. The second kappa shape index (κ2) is 8.00. The van der Waals surface area contributed by atoms with Gasteiger partial charge in [-0.1, -0.05) is 26.7 Å². The maximum absolute atomic E-state index is 12.7.